The molecule has 0 radical (unpaired) electrons. The van der Waals surface area contributed by atoms with Crippen LogP contribution in [0.1, 0.15) is 0 Å². The van der Waals surface area contributed by atoms with E-state index in [-0.39, 0.29) is 24.8 Å². The largest absolute Gasteiger partial charge is 0.344 e. The van der Waals surface area contributed by atoms with Crippen LogP contribution in [0.25, 0.3) is 0 Å². The maximum Gasteiger partial charge on any atom is 0.321 e. The van der Waals surface area contributed by atoms with Gasteiger partial charge in [-0.15, -0.1) is 0 Å². The molecule has 6 nitrogen and oxygen atoms in total. The van der Waals surface area contributed by atoms with Gasteiger partial charge in [0, 0.05) is 0 Å². The smallest absolute Gasteiger partial charge is 0.321 e. The van der Waals surface area contributed by atoms with Crippen molar-refractivity contribution in [2.45, 2.75) is 0 Å². The van der Waals surface area contributed by atoms with E-state index in [9.17, 15) is 9.59 Å². The Hall–Kier alpha value is -1.14. The molecule has 0 saturated carbocycles. The van der Waals surface area contributed by atoms with Gasteiger partial charge < -0.3 is 17.6 Å². The summed E-state index contributed by atoms with van der Waals surface area (Å²) in [4.78, 5) is 20.1. The predicted octanol–water partition coefficient (Wildman–Crippen LogP) is -0.850. The van der Waals surface area contributed by atoms with Crippen molar-refractivity contribution < 1.29 is 9.59 Å². The molecular weight excluding hydrogens is 124 g/mol. The molecule has 0 spiro atoms. The van der Waals surface area contributed by atoms with Crippen LogP contribution in [0.4, 0.5) is 4.79 Å². The van der Waals surface area contributed by atoms with Crippen LogP contribution in [0.5, 0.6) is 0 Å². The molecular formula is C3H10N4O2. The standard InChI is InChI=1S/C3H4N2O2.2H3N/c6-2-1-4-3(7)5-2;;/h1H2,(H2,4,5,6,7);2*1H3. The van der Waals surface area contributed by atoms with Crippen LogP contribution in [0.15, 0.2) is 0 Å². The molecule has 1 rings (SSSR count). The highest BCUT2D eigenvalue weighted by molar-refractivity contribution is 6.01. The molecule has 1 aliphatic heterocycles. The Kier molecular flexibility index (Phi) is 4.56. The van der Waals surface area contributed by atoms with Gasteiger partial charge in [-0.05, 0) is 0 Å². The Morgan fingerprint density at radius 3 is 1.89 bits per heavy atom. The van der Waals surface area contributed by atoms with Crippen LogP contribution >= 0.6 is 0 Å². The Labute approximate surface area is 52.2 Å². The maximum absolute atomic E-state index is 10.1. The van der Waals surface area contributed by atoms with E-state index in [0.29, 0.717) is 0 Å². The zero-order chi connectivity index (χ0) is 5.28. The third-order valence-electron chi connectivity index (χ3n) is 0.662. The SMILES string of the molecule is N.N.O=C1CNC(=O)N1. The number of carbonyl (C=O) groups is 2. The first-order valence-electron chi connectivity index (χ1n) is 1.87. The first kappa shape index (κ1) is 10.8. The van der Waals surface area contributed by atoms with Crippen molar-refractivity contribution in [3.05, 3.63) is 0 Å². The molecule has 0 aromatic heterocycles. The highest BCUT2D eigenvalue weighted by atomic mass is 16.2. The molecule has 1 aliphatic rings. The summed E-state index contributed by atoms with van der Waals surface area (Å²) in [5.74, 6) is -0.259. The number of hydrogen-bond acceptors (Lipinski definition) is 4. The Morgan fingerprint density at radius 1 is 1.22 bits per heavy atom. The van der Waals surface area contributed by atoms with Crippen molar-refractivity contribution in [1.82, 2.24) is 22.9 Å². The third-order valence-corrected chi connectivity index (χ3v) is 0.662. The summed E-state index contributed by atoms with van der Waals surface area (Å²) in [7, 11) is 0. The van der Waals surface area contributed by atoms with Gasteiger partial charge in [0.25, 0.3) is 0 Å². The zero-order valence-corrected chi connectivity index (χ0v) is 4.94. The Bertz CT molecular complexity index is 109. The molecule has 6 heteroatoms. The van der Waals surface area contributed by atoms with Gasteiger partial charge in [0.15, 0.2) is 0 Å². The lowest BCUT2D eigenvalue weighted by Gasteiger charge is -1.78. The second-order valence-corrected chi connectivity index (χ2v) is 1.23. The summed E-state index contributed by atoms with van der Waals surface area (Å²) in [6.07, 6.45) is 0. The number of nitrogens with one attached hydrogen (secondary N) is 2. The highest BCUT2D eigenvalue weighted by Crippen LogP contribution is 1.73. The topological polar surface area (TPSA) is 128 Å². The minimum absolute atomic E-state index is 0. The minimum Gasteiger partial charge on any atom is -0.344 e. The molecule has 0 unspecified atom stereocenters. The molecule has 9 heavy (non-hydrogen) atoms. The third kappa shape index (κ3) is 2.62. The second-order valence-electron chi connectivity index (χ2n) is 1.23. The fourth-order valence-corrected chi connectivity index (χ4v) is 0.376. The fourth-order valence-electron chi connectivity index (χ4n) is 0.376. The summed E-state index contributed by atoms with van der Waals surface area (Å²) in [6.45, 7) is 0.124. The normalized spacial score (nSPS) is 14.7. The van der Waals surface area contributed by atoms with E-state index in [1.807, 2.05) is 5.32 Å². The number of amides is 3. The summed E-state index contributed by atoms with van der Waals surface area (Å²) in [5.41, 5.74) is 0. The van der Waals surface area contributed by atoms with Gasteiger partial charge in [0.05, 0.1) is 6.54 Å². The van der Waals surface area contributed by atoms with Crippen LogP contribution in [0, 0.1) is 0 Å². The van der Waals surface area contributed by atoms with Gasteiger partial charge in [0.2, 0.25) is 5.91 Å². The second kappa shape index (κ2) is 3.81. The number of carbonyl (C=O) groups excluding carboxylic acids is 2. The maximum atomic E-state index is 10.1. The van der Waals surface area contributed by atoms with Crippen molar-refractivity contribution in [1.29, 1.82) is 0 Å². The molecule has 0 atom stereocenters. The van der Waals surface area contributed by atoms with E-state index >= 15 is 0 Å². The van der Waals surface area contributed by atoms with Gasteiger partial charge in [-0.3, -0.25) is 10.1 Å². The highest BCUT2D eigenvalue weighted by Gasteiger charge is 2.14. The van der Waals surface area contributed by atoms with E-state index in [2.05, 4.69) is 5.32 Å². The molecule has 0 aliphatic carbocycles. The van der Waals surface area contributed by atoms with E-state index in [1.54, 1.807) is 0 Å². The van der Waals surface area contributed by atoms with Crippen molar-refractivity contribution in [3.63, 3.8) is 0 Å². The first-order chi connectivity index (χ1) is 3.29. The van der Waals surface area contributed by atoms with Crippen LogP contribution in [0.2, 0.25) is 0 Å². The van der Waals surface area contributed by atoms with E-state index in [0.717, 1.165) is 0 Å². The van der Waals surface area contributed by atoms with Crippen molar-refractivity contribution in [3.8, 4) is 0 Å². The lowest BCUT2D eigenvalue weighted by atomic mass is 10.7. The van der Waals surface area contributed by atoms with Crippen molar-refractivity contribution in [2.75, 3.05) is 6.54 Å². The molecule has 0 aromatic rings. The summed E-state index contributed by atoms with van der Waals surface area (Å²) >= 11 is 0. The summed E-state index contributed by atoms with van der Waals surface area (Å²) in [6, 6.07) is -0.398. The molecule has 0 bridgehead atoms. The summed E-state index contributed by atoms with van der Waals surface area (Å²) < 4.78 is 0. The van der Waals surface area contributed by atoms with Crippen LogP contribution < -0.4 is 22.9 Å². The van der Waals surface area contributed by atoms with Crippen LogP contribution in [-0.2, 0) is 4.79 Å². The van der Waals surface area contributed by atoms with Gasteiger partial charge in [-0.1, -0.05) is 0 Å². The van der Waals surface area contributed by atoms with E-state index < -0.39 is 6.03 Å². The van der Waals surface area contributed by atoms with Gasteiger partial charge in [-0.2, -0.15) is 0 Å². The van der Waals surface area contributed by atoms with Crippen molar-refractivity contribution >= 4 is 11.9 Å². The lowest BCUT2D eigenvalue weighted by Crippen LogP contribution is -2.22. The molecule has 1 saturated heterocycles. The van der Waals surface area contributed by atoms with Gasteiger partial charge in [-0.25, -0.2) is 4.79 Å². The summed E-state index contributed by atoms with van der Waals surface area (Å²) in [5, 5.41) is 4.30. The van der Waals surface area contributed by atoms with Crippen molar-refractivity contribution in [2.24, 2.45) is 0 Å². The monoisotopic (exact) mass is 134 g/mol. The average Bonchev–Trinajstić information content (AvgIpc) is 1.87. The van der Waals surface area contributed by atoms with E-state index in [1.165, 1.54) is 0 Å². The molecule has 0 aromatic carbocycles. The fraction of sp³-hybridized carbons (Fsp3) is 0.333. The molecule has 1 fully saturated rings. The average molecular weight is 134 g/mol. The number of hydrogen-bond donors (Lipinski definition) is 4. The zero-order valence-electron chi connectivity index (χ0n) is 4.94. The number of rotatable bonds is 0. The Morgan fingerprint density at radius 2 is 1.78 bits per heavy atom. The molecule has 1 heterocycles. The quantitative estimate of drug-likeness (QED) is 0.321. The Balaban J connectivity index is 0. The number of urea groups is 1. The predicted molar refractivity (Wildman–Crippen MR) is 31.6 cm³/mol. The number of imide groups is 1. The minimum atomic E-state index is -0.398. The first-order valence-corrected chi connectivity index (χ1v) is 1.87. The van der Waals surface area contributed by atoms with Crippen LogP contribution in [-0.4, -0.2) is 18.5 Å². The molecule has 8 N–H and O–H groups in total. The molecule has 54 valence electrons. The molecule has 3 amide bonds. The van der Waals surface area contributed by atoms with Gasteiger partial charge >= 0.3 is 6.03 Å². The van der Waals surface area contributed by atoms with E-state index in [4.69, 9.17) is 0 Å². The van der Waals surface area contributed by atoms with Crippen LogP contribution in [0.3, 0.4) is 0 Å². The van der Waals surface area contributed by atoms with Gasteiger partial charge in [0.1, 0.15) is 0 Å². The lowest BCUT2D eigenvalue weighted by molar-refractivity contribution is -0.117.